The van der Waals surface area contributed by atoms with E-state index in [-0.39, 0.29) is 12.5 Å². The second-order valence-electron chi connectivity index (χ2n) is 7.15. The zero-order valence-electron chi connectivity index (χ0n) is 15.1. The van der Waals surface area contributed by atoms with Crippen LogP contribution < -0.4 is 5.32 Å². The number of hydrogen-bond acceptors (Lipinski definition) is 5. The number of sulfone groups is 1. The molecular weight excluding hydrogens is 376 g/mol. The molecule has 0 aliphatic carbocycles. The van der Waals surface area contributed by atoms with Crippen LogP contribution in [0.1, 0.15) is 25.7 Å². The monoisotopic (exact) mass is 401 g/mol. The highest BCUT2D eigenvalue weighted by molar-refractivity contribution is 7.91. The van der Waals surface area contributed by atoms with Gasteiger partial charge in [0, 0.05) is 18.3 Å². The van der Waals surface area contributed by atoms with Crippen molar-refractivity contribution in [1.29, 1.82) is 0 Å². The molecule has 0 aromatic heterocycles. The minimum absolute atomic E-state index is 0.187. The summed E-state index contributed by atoms with van der Waals surface area (Å²) in [5.74, 6) is -3.64. The van der Waals surface area contributed by atoms with Gasteiger partial charge in [0.25, 0.3) is 0 Å². The topological polar surface area (TPSA) is 69.7 Å². The van der Waals surface area contributed by atoms with Crippen molar-refractivity contribution in [3.63, 3.8) is 0 Å². The largest absolute Gasteiger partial charge is 0.341 e. The second-order valence-corrected chi connectivity index (χ2v) is 9.07. The Morgan fingerprint density at radius 3 is 2.41 bits per heavy atom. The number of hydrogen-bond donors (Lipinski definition) is 1. The molecule has 1 aromatic carbocycles. The Balaban J connectivity index is 1.54. The van der Waals surface area contributed by atoms with Gasteiger partial charge in [-0.05, 0) is 69.6 Å². The standard InChI is InChI=1S/C18H25F2N3O3S/c19-18(20)27(25,26)16-7-5-14(6-8-16)21-17(24)13-23-11-3-4-15(23)12-22-9-1-2-10-22/h5-8,15,18H,1-4,9-13H2,(H,21,24). The molecule has 0 bridgehead atoms. The predicted octanol–water partition coefficient (Wildman–Crippen LogP) is 2.18. The van der Waals surface area contributed by atoms with Crippen molar-refractivity contribution in [3.05, 3.63) is 24.3 Å². The third-order valence-electron chi connectivity index (χ3n) is 5.21. The van der Waals surface area contributed by atoms with E-state index in [9.17, 15) is 22.0 Å². The van der Waals surface area contributed by atoms with Crippen LogP contribution in [-0.4, -0.2) is 68.6 Å². The number of halogens is 2. The fourth-order valence-corrected chi connectivity index (χ4v) is 4.51. The summed E-state index contributed by atoms with van der Waals surface area (Å²) < 4.78 is 48.0. The molecular formula is C18H25F2N3O3S. The van der Waals surface area contributed by atoms with Crippen LogP contribution in [0.3, 0.4) is 0 Å². The van der Waals surface area contributed by atoms with Crippen LogP contribution in [0.25, 0.3) is 0 Å². The lowest BCUT2D eigenvalue weighted by atomic mass is 10.2. The number of anilines is 1. The van der Waals surface area contributed by atoms with Gasteiger partial charge in [0.15, 0.2) is 0 Å². The first-order valence-corrected chi connectivity index (χ1v) is 10.8. The van der Waals surface area contributed by atoms with Gasteiger partial charge in [-0.2, -0.15) is 8.78 Å². The zero-order valence-corrected chi connectivity index (χ0v) is 15.9. The fourth-order valence-electron chi connectivity index (χ4n) is 3.79. The van der Waals surface area contributed by atoms with Gasteiger partial charge >= 0.3 is 5.76 Å². The first-order chi connectivity index (χ1) is 12.9. The summed E-state index contributed by atoms with van der Waals surface area (Å²) >= 11 is 0. The number of carbonyl (C=O) groups is 1. The first-order valence-electron chi connectivity index (χ1n) is 9.24. The van der Waals surface area contributed by atoms with Crippen LogP contribution >= 0.6 is 0 Å². The molecule has 1 atom stereocenters. The van der Waals surface area contributed by atoms with Crippen LogP contribution in [0.2, 0.25) is 0 Å². The van der Waals surface area contributed by atoms with E-state index in [0.717, 1.165) is 51.2 Å². The minimum atomic E-state index is -4.62. The Kier molecular flexibility index (Phi) is 6.44. The van der Waals surface area contributed by atoms with Gasteiger partial charge in [-0.3, -0.25) is 9.69 Å². The second kappa shape index (κ2) is 8.62. The van der Waals surface area contributed by atoms with Gasteiger partial charge in [-0.15, -0.1) is 0 Å². The van der Waals surface area contributed by atoms with Crippen molar-refractivity contribution in [3.8, 4) is 0 Å². The number of carbonyl (C=O) groups excluding carboxylic acids is 1. The van der Waals surface area contributed by atoms with Crippen LogP contribution in [0, 0.1) is 0 Å². The van der Waals surface area contributed by atoms with Crippen molar-refractivity contribution in [2.24, 2.45) is 0 Å². The Morgan fingerprint density at radius 1 is 1.11 bits per heavy atom. The van der Waals surface area contributed by atoms with Gasteiger partial charge in [0.2, 0.25) is 15.7 Å². The third-order valence-corrected chi connectivity index (χ3v) is 6.61. The van der Waals surface area contributed by atoms with Crippen molar-refractivity contribution in [2.45, 2.75) is 42.4 Å². The highest BCUT2D eigenvalue weighted by atomic mass is 32.2. The van der Waals surface area contributed by atoms with Crippen molar-refractivity contribution < 1.29 is 22.0 Å². The molecule has 0 spiro atoms. The molecule has 1 amide bonds. The number of likely N-dealkylation sites (tertiary alicyclic amines) is 2. The van der Waals surface area contributed by atoms with Crippen molar-refractivity contribution in [1.82, 2.24) is 9.80 Å². The number of rotatable bonds is 7. The lowest BCUT2D eigenvalue weighted by Crippen LogP contribution is -2.42. The van der Waals surface area contributed by atoms with Crippen LogP contribution in [0.5, 0.6) is 0 Å². The molecule has 2 heterocycles. The number of benzene rings is 1. The molecule has 2 fully saturated rings. The average molecular weight is 401 g/mol. The predicted molar refractivity (Wildman–Crippen MR) is 98.5 cm³/mol. The third kappa shape index (κ3) is 5.03. The Bertz CT molecular complexity index is 750. The van der Waals surface area contributed by atoms with Crippen LogP contribution in [-0.2, 0) is 14.6 Å². The number of nitrogens with one attached hydrogen (secondary N) is 1. The number of amides is 1. The van der Waals surface area contributed by atoms with E-state index in [1.807, 2.05) is 0 Å². The van der Waals surface area contributed by atoms with Gasteiger partial charge in [0.1, 0.15) is 0 Å². The molecule has 3 rings (SSSR count). The van der Waals surface area contributed by atoms with Crippen molar-refractivity contribution in [2.75, 3.05) is 38.0 Å². The van der Waals surface area contributed by atoms with Crippen molar-refractivity contribution >= 4 is 21.4 Å². The summed E-state index contributed by atoms with van der Waals surface area (Å²) in [5, 5.41) is 2.71. The lowest BCUT2D eigenvalue weighted by molar-refractivity contribution is -0.117. The maximum absolute atomic E-state index is 12.6. The summed E-state index contributed by atoms with van der Waals surface area (Å²) in [6.07, 6.45) is 4.64. The molecule has 2 saturated heterocycles. The van der Waals surface area contributed by atoms with Gasteiger partial charge < -0.3 is 10.2 Å². The zero-order chi connectivity index (χ0) is 19.4. The summed E-state index contributed by atoms with van der Waals surface area (Å²) in [7, 11) is -4.62. The molecule has 1 aromatic rings. The van der Waals surface area contributed by atoms with E-state index < -0.39 is 20.5 Å². The maximum atomic E-state index is 12.6. The molecule has 150 valence electrons. The molecule has 2 aliphatic rings. The first kappa shape index (κ1) is 20.2. The van der Waals surface area contributed by atoms with E-state index in [0.29, 0.717) is 11.7 Å². The molecule has 6 nitrogen and oxygen atoms in total. The molecule has 9 heteroatoms. The SMILES string of the molecule is O=C(CN1CCCC1CN1CCCC1)Nc1ccc(S(=O)(=O)C(F)F)cc1. The summed E-state index contributed by atoms with van der Waals surface area (Å²) in [4.78, 5) is 16.5. The summed E-state index contributed by atoms with van der Waals surface area (Å²) in [6, 6.07) is 5.22. The van der Waals surface area contributed by atoms with Gasteiger partial charge in [-0.25, -0.2) is 8.42 Å². The van der Waals surface area contributed by atoms with Crippen LogP contribution in [0.4, 0.5) is 14.5 Å². The van der Waals surface area contributed by atoms with E-state index in [1.54, 1.807) is 0 Å². The number of alkyl halides is 2. The average Bonchev–Trinajstić information content (AvgIpc) is 3.28. The Morgan fingerprint density at radius 2 is 1.78 bits per heavy atom. The smallest absolute Gasteiger partial charge is 0.325 e. The van der Waals surface area contributed by atoms with E-state index in [2.05, 4.69) is 15.1 Å². The van der Waals surface area contributed by atoms with Gasteiger partial charge in [0.05, 0.1) is 11.4 Å². The van der Waals surface area contributed by atoms with Gasteiger partial charge in [-0.1, -0.05) is 0 Å². The summed E-state index contributed by atoms with van der Waals surface area (Å²) in [6.45, 7) is 4.41. The number of nitrogens with zero attached hydrogens (tertiary/aromatic N) is 2. The Hall–Kier alpha value is -1.58. The lowest BCUT2D eigenvalue weighted by Gasteiger charge is -2.27. The van der Waals surface area contributed by atoms with Crippen LogP contribution in [0.15, 0.2) is 29.2 Å². The molecule has 2 aliphatic heterocycles. The molecule has 0 radical (unpaired) electrons. The molecule has 1 unspecified atom stereocenters. The Labute approximate surface area is 158 Å². The maximum Gasteiger partial charge on any atom is 0.341 e. The highest BCUT2D eigenvalue weighted by Crippen LogP contribution is 2.22. The summed E-state index contributed by atoms with van der Waals surface area (Å²) in [5.41, 5.74) is 0.392. The highest BCUT2D eigenvalue weighted by Gasteiger charge is 2.29. The van der Waals surface area contributed by atoms with E-state index >= 15 is 0 Å². The fraction of sp³-hybridized carbons (Fsp3) is 0.611. The normalized spacial score (nSPS) is 21.8. The van der Waals surface area contributed by atoms with E-state index in [4.69, 9.17) is 0 Å². The molecule has 27 heavy (non-hydrogen) atoms. The molecule has 1 N–H and O–H groups in total. The quantitative estimate of drug-likeness (QED) is 0.759. The van der Waals surface area contributed by atoms with E-state index in [1.165, 1.54) is 25.0 Å². The minimum Gasteiger partial charge on any atom is -0.325 e. The molecule has 0 saturated carbocycles.